The normalized spacial score (nSPS) is 40.8. The van der Waals surface area contributed by atoms with Gasteiger partial charge in [-0.3, -0.25) is 0 Å². The lowest BCUT2D eigenvalue weighted by Crippen LogP contribution is -2.16. The molecule has 2 aliphatic carbocycles. The minimum absolute atomic E-state index is 0.420. The van der Waals surface area contributed by atoms with Crippen LogP contribution in [0.1, 0.15) is 44.9 Å². The van der Waals surface area contributed by atoms with Crippen LogP contribution < -0.4 is 0 Å². The fraction of sp³-hybridized carbons (Fsp3) is 0.643. The van der Waals surface area contributed by atoms with Crippen LogP contribution in [0, 0.1) is 0 Å². The predicted molar refractivity (Wildman–Crippen MR) is 62.7 cm³/mol. The highest BCUT2D eigenvalue weighted by molar-refractivity contribution is 5.89. The summed E-state index contributed by atoms with van der Waals surface area (Å²) in [7, 11) is 0. The molecular formula is C14H16O4. The molecule has 4 nitrogen and oxygen atoms in total. The van der Waals surface area contributed by atoms with Crippen molar-refractivity contribution >= 4 is 5.97 Å². The zero-order valence-electron chi connectivity index (χ0n) is 10.2. The molecule has 2 aliphatic heterocycles. The highest BCUT2D eigenvalue weighted by atomic mass is 17.0. The largest absolute Gasteiger partial charge is 0.478 e. The van der Waals surface area contributed by atoms with E-state index < -0.39 is 17.5 Å². The van der Waals surface area contributed by atoms with Gasteiger partial charge in [-0.15, -0.1) is 0 Å². The summed E-state index contributed by atoms with van der Waals surface area (Å²) in [6.45, 7) is 0. The van der Waals surface area contributed by atoms with Crippen LogP contribution in [0.5, 0.6) is 0 Å². The maximum absolute atomic E-state index is 11.3. The Bertz CT molecular complexity index is 494. The van der Waals surface area contributed by atoms with E-state index in [1.807, 2.05) is 0 Å². The number of rotatable bonds is 3. The molecule has 0 aromatic carbocycles. The van der Waals surface area contributed by atoms with Gasteiger partial charge in [-0.2, -0.15) is 0 Å². The van der Waals surface area contributed by atoms with Crippen LogP contribution in [0.4, 0.5) is 0 Å². The van der Waals surface area contributed by atoms with Gasteiger partial charge >= 0.3 is 5.97 Å². The van der Waals surface area contributed by atoms with Gasteiger partial charge in [0.05, 0.1) is 0 Å². The molecule has 96 valence electrons. The summed E-state index contributed by atoms with van der Waals surface area (Å²) in [6.07, 6.45) is 8.90. The van der Waals surface area contributed by atoms with Crippen LogP contribution in [0.15, 0.2) is 22.8 Å². The monoisotopic (exact) mass is 248 g/mol. The van der Waals surface area contributed by atoms with Gasteiger partial charge in [-0.05, 0) is 38.5 Å². The standard InChI is InChI=1S/C14H16O4/c15-12(16)10-6-7-13-14(17-13,18-13)11(10)8-9-4-2-1-3-5-9/h4H,1-3,5-8H2,(H,15,16). The number of ether oxygens (including phenoxy) is 2. The van der Waals surface area contributed by atoms with Crippen LogP contribution in [0.3, 0.4) is 0 Å². The van der Waals surface area contributed by atoms with E-state index in [4.69, 9.17) is 9.47 Å². The fourth-order valence-electron chi connectivity index (χ4n) is 3.43. The van der Waals surface area contributed by atoms with Gasteiger partial charge in [-0.1, -0.05) is 11.6 Å². The van der Waals surface area contributed by atoms with Crippen LogP contribution in [-0.4, -0.2) is 22.7 Å². The summed E-state index contributed by atoms with van der Waals surface area (Å²) in [5.41, 5.74) is 2.76. The molecule has 2 heterocycles. The van der Waals surface area contributed by atoms with Gasteiger partial charge in [0.15, 0.2) is 0 Å². The summed E-state index contributed by atoms with van der Waals surface area (Å²) in [5, 5.41) is 9.32. The fourth-order valence-corrected chi connectivity index (χ4v) is 3.43. The highest BCUT2D eigenvalue weighted by Crippen LogP contribution is 2.76. The summed E-state index contributed by atoms with van der Waals surface area (Å²) in [6, 6.07) is 0. The van der Waals surface area contributed by atoms with E-state index in [0.717, 1.165) is 24.8 Å². The van der Waals surface area contributed by atoms with E-state index in [9.17, 15) is 9.90 Å². The molecule has 0 unspecified atom stereocenters. The number of aliphatic carboxylic acids is 1. The van der Waals surface area contributed by atoms with Crippen LogP contribution in [0.25, 0.3) is 0 Å². The second kappa shape index (κ2) is 3.25. The average Bonchev–Trinajstić information content (AvgIpc) is 3.16. The van der Waals surface area contributed by atoms with E-state index >= 15 is 0 Å². The molecule has 0 atom stereocenters. The molecule has 2 saturated heterocycles. The van der Waals surface area contributed by atoms with Crippen molar-refractivity contribution in [3.05, 3.63) is 22.8 Å². The molecule has 0 saturated carbocycles. The van der Waals surface area contributed by atoms with E-state index in [-0.39, 0.29) is 0 Å². The maximum atomic E-state index is 11.3. The Morgan fingerprint density at radius 2 is 2.17 bits per heavy atom. The first-order chi connectivity index (χ1) is 8.67. The lowest BCUT2D eigenvalue weighted by atomic mass is 9.85. The Labute approximate surface area is 105 Å². The third kappa shape index (κ3) is 1.25. The average molecular weight is 248 g/mol. The number of epoxide rings is 2. The minimum Gasteiger partial charge on any atom is -0.478 e. The SMILES string of the molecule is O=C(O)C1=C(CC2=CCCCC2)C23OC2(CC1)O3. The summed E-state index contributed by atoms with van der Waals surface area (Å²) in [5.74, 6) is -1.86. The first kappa shape index (κ1) is 10.8. The molecule has 2 fully saturated rings. The van der Waals surface area contributed by atoms with Crippen LogP contribution in [-0.2, 0) is 14.3 Å². The first-order valence-corrected chi connectivity index (χ1v) is 6.71. The van der Waals surface area contributed by atoms with Crippen molar-refractivity contribution < 1.29 is 19.4 Å². The Kier molecular flexibility index (Phi) is 1.94. The molecule has 0 radical (unpaired) electrons. The third-order valence-electron chi connectivity index (χ3n) is 4.55. The summed E-state index contributed by atoms with van der Waals surface area (Å²) in [4.78, 5) is 11.3. The lowest BCUT2D eigenvalue weighted by Gasteiger charge is -2.17. The molecule has 1 N–H and O–H groups in total. The van der Waals surface area contributed by atoms with Crippen molar-refractivity contribution in [3.8, 4) is 0 Å². The van der Waals surface area contributed by atoms with E-state index in [1.165, 1.54) is 18.4 Å². The first-order valence-electron chi connectivity index (χ1n) is 6.71. The molecular weight excluding hydrogens is 232 g/mol. The van der Waals surface area contributed by atoms with Crippen molar-refractivity contribution in [2.75, 3.05) is 0 Å². The summed E-state index contributed by atoms with van der Waals surface area (Å²) >= 11 is 0. The van der Waals surface area contributed by atoms with Crippen LogP contribution in [0.2, 0.25) is 0 Å². The lowest BCUT2D eigenvalue weighted by molar-refractivity contribution is -0.133. The molecule has 4 aliphatic rings. The Morgan fingerprint density at radius 1 is 1.33 bits per heavy atom. The van der Waals surface area contributed by atoms with E-state index in [2.05, 4.69) is 6.08 Å². The minimum atomic E-state index is -0.810. The van der Waals surface area contributed by atoms with Gasteiger partial charge in [0.25, 0.3) is 5.79 Å². The number of carboxylic acid groups (broad SMARTS) is 1. The Balaban J connectivity index is 1.67. The van der Waals surface area contributed by atoms with Crippen molar-refractivity contribution in [3.63, 3.8) is 0 Å². The third-order valence-corrected chi connectivity index (χ3v) is 4.55. The van der Waals surface area contributed by atoms with Crippen molar-refractivity contribution in [2.24, 2.45) is 0 Å². The quantitative estimate of drug-likeness (QED) is 0.615. The van der Waals surface area contributed by atoms with Crippen molar-refractivity contribution in [2.45, 2.75) is 56.5 Å². The number of carboxylic acids is 1. The van der Waals surface area contributed by atoms with Crippen LogP contribution >= 0.6 is 0 Å². The zero-order chi connectivity index (χ0) is 12.4. The molecule has 4 heteroatoms. The van der Waals surface area contributed by atoms with Gasteiger partial charge in [0.1, 0.15) is 0 Å². The Morgan fingerprint density at radius 3 is 2.83 bits per heavy atom. The Hall–Kier alpha value is -1.13. The molecule has 0 aromatic rings. The smallest absolute Gasteiger partial charge is 0.331 e. The molecule has 0 spiro atoms. The van der Waals surface area contributed by atoms with E-state index in [0.29, 0.717) is 18.4 Å². The second-order valence-corrected chi connectivity index (χ2v) is 5.62. The molecule has 0 bridgehead atoms. The predicted octanol–water partition coefficient (Wildman–Crippen LogP) is 2.50. The number of hydrogen-bond acceptors (Lipinski definition) is 3. The van der Waals surface area contributed by atoms with Gasteiger partial charge in [0.2, 0.25) is 5.79 Å². The topological polar surface area (TPSA) is 62.4 Å². The van der Waals surface area contributed by atoms with Crippen molar-refractivity contribution in [1.29, 1.82) is 0 Å². The molecule has 18 heavy (non-hydrogen) atoms. The zero-order valence-corrected chi connectivity index (χ0v) is 10.2. The van der Waals surface area contributed by atoms with Gasteiger partial charge < -0.3 is 14.6 Å². The molecule has 0 aromatic heterocycles. The highest BCUT2D eigenvalue weighted by Gasteiger charge is 2.93. The van der Waals surface area contributed by atoms with Crippen molar-refractivity contribution in [1.82, 2.24) is 0 Å². The molecule has 0 amide bonds. The number of hydrogen-bond donors (Lipinski definition) is 1. The second-order valence-electron chi connectivity index (χ2n) is 5.62. The van der Waals surface area contributed by atoms with E-state index in [1.54, 1.807) is 0 Å². The summed E-state index contributed by atoms with van der Waals surface area (Å²) < 4.78 is 11.2. The van der Waals surface area contributed by atoms with Gasteiger partial charge in [0, 0.05) is 17.6 Å². The maximum Gasteiger partial charge on any atom is 0.331 e. The molecule has 4 rings (SSSR count). The number of allylic oxidation sites excluding steroid dienone is 2. The number of carbonyl (C=O) groups is 1. The van der Waals surface area contributed by atoms with Gasteiger partial charge in [-0.25, -0.2) is 4.79 Å².